The topological polar surface area (TPSA) is 58.6 Å². The van der Waals surface area contributed by atoms with Gasteiger partial charge in [-0.2, -0.15) is 0 Å². The van der Waals surface area contributed by atoms with Crippen LogP contribution < -0.4 is 5.32 Å². The molecule has 0 atom stereocenters. The molecule has 0 aromatic heterocycles. The van der Waals surface area contributed by atoms with E-state index < -0.39 is 5.60 Å². The summed E-state index contributed by atoms with van der Waals surface area (Å²) in [6.45, 7) is 6.89. The van der Waals surface area contributed by atoms with Crippen molar-refractivity contribution in [2.75, 3.05) is 13.1 Å². The van der Waals surface area contributed by atoms with E-state index in [1.807, 2.05) is 20.8 Å². The largest absolute Gasteiger partial charge is 0.444 e. The third-order valence-electron chi connectivity index (χ3n) is 6.94. The molecule has 0 unspecified atom stereocenters. The summed E-state index contributed by atoms with van der Waals surface area (Å²) in [5.74, 6) is 2.80. The van der Waals surface area contributed by atoms with E-state index in [4.69, 9.17) is 4.74 Å². The molecule has 4 bridgehead atoms. The summed E-state index contributed by atoms with van der Waals surface area (Å²) < 4.78 is 5.45. The molecule has 0 aromatic carbocycles. The number of amides is 2. The Morgan fingerprint density at radius 3 is 1.92 bits per heavy atom. The van der Waals surface area contributed by atoms with Gasteiger partial charge >= 0.3 is 6.09 Å². The summed E-state index contributed by atoms with van der Waals surface area (Å²) in [4.78, 5) is 26.9. The number of hydrogen-bond donors (Lipinski definition) is 1. The van der Waals surface area contributed by atoms with E-state index in [9.17, 15) is 9.59 Å². The summed E-state index contributed by atoms with van der Waals surface area (Å²) in [6, 6.07) is 0. The summed E-state index contributed by atoms with van der Waals surface area (Å²) in [5.41, 5.74) is -0.377. The maximum atomic E-state index is 12.9. The quantitative estimate of drug-likeness (QED) is 0.814. The number of likely N-dealkylation sites (tertiary alicyclic amines) is 1. The maximum absolute atomic E-state index is 12.9. The molecule has 4 saturated carbocycles. The van der Waals surface area contributed by atoms with E-state index >= 15 is 0 Å². The Morgan fingerprint density at radius 1 is 0.962 bits per heavy atom. The van der Waals surface area contributed by atoms with Gasteiger partial charge in [-0.15, -0.1) is 0 Å². The lowest BCUT2D eigenvalue weighted by molar-refractivity contribution is -0.132. The molecule has 5 fully saturated rings. The second-order valence-corrected chi connectivity index (χ2v) is 10.4. The van der Waals surface area contributed by atoms with Crippen LogP contribution in [0.3, 0.4) is 0 Å². The molecule has 4 aliphatic carbocycles. The fraction of sp³-hybridized carbons (Fsp3) is 0.905. The standard InChI is InChI=1S/C21H34N2O3/c1-20(2,3)26-19(25)23-6-4-17(5-7-23)18(24)22-21-11-14-8-15(12-21)10-16(9-14)13-21/h14-17H,4-13H2,1-3H3,(H,22,24). The lowest BCUT2D eigenvalue weighted by Crippen LogP contribution is -2.61. The lowest BCUT2D eigenvalue weighted by Gasteiger charge is -2.57. The van der Waals surface area contributed by atoms with Gasteiger partial charge < -0.3 is 15.0 Å². The van der Waals surface area contributed by atoms with Gasteiger partial charge in [-0.05, 0) is 89.9 Å². The molecule has 1 heterocycles. The van der Waals surface area contributed by atoms with Gasteiger partial charge in [-0.25, -0.2) is 4.79 Å². The van der Waals surface area contributed by atoms with E-state index in [2.05, 4.69) is 5.32 Å². The zero-order chi connectivity index (χ0) is 18.5. The molecule has 0 spiro atoms. The molecule has 5 heteroatoms. The Kier molecular flexibility index (Phi) is 4.47. The van der Waals surface area contributed by atoms with E-state index in [1.165, 1.54) is 38.5 Å². The van der Waals surface area contributed by atoms with Crippen molar-refractivity contribution < 1.29 is 14.3 Å². The van der Waals surface area contributed by atoms with Gasteiger partial charge in [0.2, 0.25) is 5.91 Å². The monoisotopic (exact) mass is 362 g/mol. The highest BCUT2D eigenvalue weighted by Gasteiger charge is 2.51. The molecule has 2 amide bonds. The molecule has 5 rings (SSSR count). The number of hydrogen-bond acceptors (Lipinski definition) is 3. The maximum Gasteiger partial charge on any atom is 0.410 e. The molecule has 5 aliphatic rings. The Bertz CT molecular complexity index is 537. The lowest BCUT2D eigenvalue weighted by atomic mass is 9.53. The fourth-order valence-electron chi connectivity index (χ4n) is 6.28. The molecule has 26 heavy (non-hydrogen) atoms. The van der Waals surface area contributed by atoms with Crippen LogP contribution in [0.2, 0.25) is 0 Å². The molecule has 0 aromatic rings. The number of carbonyl (C=O) groups excluding carboxylic acids is 2. The average Bonchev–Trinajstić information content (AvgIpc) is 2.51. The molecule has 146 valence electrons. The zero-order valence-electron chi connectivity index (χ0n) is 16.6. The van der Waals surface area contributed by atoms with E-state index in [-0.39, 0.29) is 23.5 Å². The Morgan fingerprint density at radius 2 is 1.46 bits per heavy atom. The molecule has 1 saturated heterocycles. The number of carbonyl (C=O) groups is 2. The van der Waals surface area contributed by atoms with Gasteiger partial charge in [-0.3, -0.25) is 4.79 Å². The van der Waals surface area contributed by atoms with Crippen LogP contribution >= 0.6 is 0 Å². The molecule has 0 radical (unpaired) electrons. The number of nitrogens with zero attached hydrogens (tertiary/aromatic N) is 1. The van der Waals surface area contributed by atoms with Gasteiger partial charge in [0.25, 0.3) is 0 Å². The predicted octanol–water partition coefficient (Wildman–Crippen LogP) is 3.72. The summed E-state index contributed by atoms with van der Waals surface area (Å²) in [6.07, 6.45) is 9.01. The first-order chi connectivity index (χ1) is 12.2. The summed E-state index contributed by atoms with van der Waals surface area (Å²) in [5, 5.41) is 3.50. The highest BCUT2D eigenvalue weighted by molar-refractivity contribution is 5.80. The fourth-order valence-corrected chi connectivity index (χ4v) is 6.28. The van der Waals surface area contributed by atoms with Crippen molar-refractivity contribution in [3.63, 3.8) is 0 Å². The Labute approximate surface area is 157 Å². The van der Waals surface area contributed by atoms with E-state index in [0.717, 1.165) is 30.6 Å². The van der Waals surface area contributed by atoms with Crippen molar-refractivity contribution in [2.24, 2.45) is 23.7 Å². The minimum absolute atomic E-state index is 0.0432. The average molecular weight is 363 g/mol. The number of rotatable bonds is 2. The van der Waals surface area contributed by atoms with Crippen LogP contribution in [0.1, 0.15) is 72.1 Å². The normalized spacial score (nSPS) is 36.9. The first kappa shape index (κ1) is 18.1. The van der Waals surface area contributed by atoms with Gasteiger partial charge in [0, 0.05) is 24.5 Å². The van der Waals surface area contributed by atoms with Crippen molar-refractivity contribution in [2.45, 2.75) is 83.3 Å². The van der Waals surface area contributed by atoms with Crippen LogP contribution in [0.15, 0.2) is 0 Å². The van der Waals surface area contributed by atoms with Crippen molar-refractivity contribution in [1.29, 1.82) is 0 Å². The summed E-state index contributed by atoms with van der Waals surface area (Å²) in [7, 11) is 0. The highest BCUT2D eigenvalue weighted by Crippen LogP contribution is 2.55. The van der Waals surface area contributed by atoms with Crippen molar-refractivity contribution in [3.05, 3.63) is 0 Å². The summed E-state index contributed by atoms with van der Waals surface area (Å²) >= 11 is 0. The molecular formula is C21H34N2O3. The highest BCUT2D eigenvalue weighted by atomic mass is 16.6. The van der Waals surface area contributed by atoms with Gasteiger partial charge in [0.15, 0.2) is 0 Å². The number of ether oxygens (including phenoxy) is 1. The van der Waals surface area contributed by atoms with Crippen LogP contribution in [0.25, 0.3) is 0 Å². The third-order valence-corrected chi connectivity index (χ3v) is 6.94. The predicted molar refractivity (Wildman–Crippen MR) is 99.6 cm³/mol. The Balaban J connectivity index is 1.30. The second-order valence-electron chi connectivity index (χ2n) is 10.4. The first-order valence-corrected chi connectivity index (χ1v) is 10.5. The minimum atomic E-state index is -0.468. The van der Waals surface area contributed by atoms with Crippen LogP contribution in [0.4, 0.5) is 4.79 Å². The molecule has 1 aliphatic heterocycles. The van der Waals surface area contributed by atoms with E-state index in [1.54, 1.807) is 4.90 Å². The number of nitrogens with one attached hydrogen (secondary N) is 1. The van der Waals surface area contributed by atoms with E-state index in [0.29, 0.717) is 13.1 Å². The second kappa shape index (κ2) is 6.42. The smallest absolute Gasteiger partial charge is 0.410 e. The SMILES string of the molecule is CC(C)(C)OC(=O)N1CCC(C(=O)NC23CC4CC(CC(C4)C2)C3)CC1. The van der Waals surface area contributed by atoms with Crippen LogP contribution in [-0.4, -0.2) is 41.1 Å². The van der Waals surface area contributed by atoms with Crippen molar-refractivity contribution in [1.82, 2.24) is 10.2 Å². The van der Waals surface area contributed by atoms with Gasteiger partial charge in [-0.1, -0.05) is 0 Å². The van der Waals surface area contributed by atoms with Crippen molar-refractivity contribution >= 4 is 12.0 Å². The van der Waals surface area contributed by atoms with Crippen LogP contribution in [0, 0.1) is 23.7 Å². The molecule has 5 nitrogen and oxygen atoms in total. The molecule has 1 N–H and O–H groups in total. The first-order valence-electron chi connectivity index (χ1n) is 10.5. The van der Waals surface area contributed by atoms with Crippen LogP contribution in [-0.2, 0) is 9.53 Å². The number of piperidine rings is 1. The van der Waals surface area contributed by atoms with Crippen molar-refractivity contribution in [3.8, 4) is 0 Å². The zero-order valence-corrected chi connectivity index (χ0v) is 16.6. The van der Waals surface area contributed by atoms with Gasteiger partial charge in [0.05, 0.1) is 0 Å². The van der Waals surface area contributed by atoms with Gasteiger partial charge in [0.1, 0.15) is 5.60 Å². The molecular weight excluding hydrogens is 328 g/mol. The van der Waals surface area contributed by atoms with Crippen LogP contribution in [0.5, 0.6) is 0 Å². The third kappa shape index (κ3) is 3.72. The minimum Gasteiger partial charge on any atom is -0.444 e. The Hall–Kier alpha value is -1.26.